The van der Waals surface area contributed by atoms with Crippen molar-refractivity contribution in [3.63, 3.8) is 0 Å². The van der Waals surface area contributed by atoms with Crippen LogP contribution in [0.5, 0.6) is 0 Å². The lowest BCUT2D eigenvalue weighted by molar-refractivity contribution is -0.143. The molecule has 7 nitrogen and oxygen atoms in total. The van der Waals surface area contributed by atoms with Crippen molar-refractivity contribution in [1.29, 1.82) is 0 Å². The van der Waals surface area contributed by atoms with E-state index in [1.165, 1.54) is 18.2 Å². The SMILES string of the molecule is C=CCN1C(=O)C(=O)N(CC(=O)Nc2ccc(Br)cc2F)C1=O. The van der Waals surface area contributed by atoms with E-state index < -0.39 is 36.1 Å². The molecule has 1 N–H and O–H groups in total. The number of nitrogens with zero attached hydrogens (tertiary/aromatic N) is 2. The van der Waals surface area contributed by atoms with Gasteiger partial charge in [0, 0.05) is 11.0 Å². The van der Waals surface area contributed by atoms with Crippen molar-refractivity contribution in [2.24, 2.45) is 0 Å². The summed E-state index contributed by atoms with van der Waals surface area (Å²) < 4.78 is 14.1. The van der Waals surface area contributed by atoms with Gasteiger partial charge in [0.05, 0.1) is 5.69 Å². The highest BCUT2D eigenvalue weighted by Crippen LogP contribution is 2.19. The van der Waals surface area contributed by atoms with Crippen LogP contribution in [0.15, 0.2) is 35.3 Å². The Balaban J connectivity index is 2.08. The van der Waals surface area contributed by atoms with Crippen LogP contribution < -0.4 is 5.32 Å². The standard InChI is InChI=1S/C14H11BrFN3O4/c1-2-5-18-12(21)13(22)19(14(18)23)7-11(20)17-10-4-3-8(15)6-9(10)16/h2-4,6H,1,5,7H2,(H,17,20). The van der Waals surface area contributed by atoms with Crippen molar-refractivity contribution in [3.05, 3.63) is 41.1 Å². The van der Waals surface area contributed by atoms with Crippen LogP contribution in [0.1, 0.15) is 0 Å². The minimum absolute atomic E-state index is 0.105. The summed E-state index contributed by atoms with van der Waals surface area (Å²) in [5.74, 6) is -3.63. The second-order valence-corrected chi connectivity index (χ2v) is 5.47. The van der Waals surface area contributed by atoms with E-state index in [-0.39, 0.29) is 12.2 Å². The molecule has 1 aromatic rings. The lowest BCUT2D eigenvalue weighted by Crippen LogP contribution is -2.39. The Hall–Kier alpha value is -2.55. The first-order valence-corrected chi connectivity index (χ1v) is 7.17. The van der Waals surface area contributed by atoms with Crippen LogP contribution >= 0.6 is 15.9 Å². The summed E-state index contributed by atoms with van der Waals surface area (Å²) in [5, 5.41) is 2.24. The van der Waals surface area contributed by atoms with Crippen LogP contribution in [0.4, 0.5) is 14.9 Å². The third kappa shape index (κ3) is 3.45. The molecule has 1 aromatic carbocycles. The molecule has 0 bridgehead atoms. The molecule has 1 aliphatic heterocycles. The Bertz CT molecular complexity index is 722. The Morgan fingerprint density at radius 1 is 1.26 bits per heavy atom. The number of imide groups is 2. The average molecular weight is 384 g/mol. The maximum Gasteiger partial charge on any atom is 0.335 e. The van der Waals surface area contributed by atoms with Crippen LogP contribution in [-0.4, -0.2) is 46.6 Å². The van der Waals surface area contributed by atoms with Crippen molar-refractivity contribution in [3.8, 4) is 0 Å². The van der Waals surface area contributed by atoms with E-state index >= 15 is 0 Å². The molecular formula is C14H11BrFN3O4. The topological polar surface area (TPSA) is 86.8 Å². The molecule has 1 fully saturated rings. The lowest BCUT2D eigenvalue weighted by Gasteiger charge is -2.14. The Morgan fingerprint density at radius 3 is 2.52 bits per heavy atom. The molecule has 0 saturated carbocycles. The van der Waals surface area contributed by atoms with Gasteiger partial charge in [-0.2, -0.15) is 0 Å². The number of hydrogen-bond donors (Lipinski definition) is 1. The first-order valence-electron chi connectivity index (χ1n) is 6.38. The number of benzene rings is 1. The normalized spacial score (nSPS) is 14.4. The molecule has 0 aliphatic carbocycles. The number of amides is 5. The number of carbonyl (C=O) groups excluding carboxylic acids is 4. The van der Waals surface area contributed by atoms with E-state index in [1.54, 1.807) is 0 Å². The molecule has 9 heteroatoms. The zero-order valence-electron chi connectivity index (χ0n) is 11.7. The van der Waals surface area contributed by atoms with Gasteiger partial charge in [-0.1, -0.05) is 22.0 Å². The smallest absolute Gasteiger partial charge is 0.322 e. The highest BCUT2D eigenvalue weighted by atomic mass is 79.9. The van der Waals surface area contributed by atoms with Crippen LogP contribution in [0, 0.1) is 5.82 Å². The van der Waals surface area contributed by atoms with Gasteiger partial charge in [-0.25, -0.2) is 14.1 Å². The largest absolute Gasteiger partial charge is 0.335 e. The summed E-state index contributed by atoms with van der Waals surface area (Å²) in [4.78, 5) is 48.3. The molecule has 0 spiro atoms. The predicted molar refractivity (Wildman–Crippen MR) is 81.7 cm³/mol. The fourth-order valence-electron chi connectivity index (χ4n) is 1.90. The van der Waals surface area contributed by atoms with E-state index in [9.17, 15) is 23.6 Å². The minimum Gasteiger partial charge on any atom is -0.322 e. The number of carbonyl (C=O) groups is 4. The van der Waals surface area contributed by atoms with E-state index in [2.05, 4.69) is 27.8 Å². The summed E-state index contributed by atoms with van der Waals surface area (Å²) in [6, 6.07) is 3.07. The molecular weight excluding hydrogens is 373 g/mol. The summed E-state index contributed by atoms with van der Waals surface area (Å²) >= 11 is 3.08. The highest BCUT2D eigenvalue weighted by molar-refractivity contribution is 9.10. The molecule has 0 aromatic heterocycles. The second-order valence-electron chi connectivity index (χ2n) is 4.55. The molecule has 1 heterocycles. The zero-order chi connectivity index (χ0) is 17.1. The summed E-state index contributed by atoms with van der Waals surface area (Å²) in [6.07, 6.45) is 1.28. The first kappa shape index (κ1) is 16.8. The van der Waals surface area contributed by atoms with Crippen molar-refractivity contribution in [2.75, 3.05) is 18.4 Å². The average Bonchev–Trinajstić information content (AvgIpc) is 2.68. The second kappa shape index (κ2) is 6.69. The summed E-state index contributed by atoms with van der Waals surface area (Å²) in [7, 11) is 0. The molecule has 5 amide bonds. The third-order valence-corrected chi connectivity index (χ3v) is 3.45. The molecule has 120 valence electrons. The first-order chi connectivity index (χ1) is 10.8. The maximum absolute atomic E-state index is 13.6. The van der Waals surface area contributed by atoms with Crippen LogP contribution in [0.3, 0.4) is 0 Å². The Labute approximate surface area is 138 Å². The summed E-state index contributed by atoms with van der Waals surface area (Å²) in [5.41, 5.74) is -0.105. The van der Waals surface area contributed by atoms with Gasteiger partial charge in [0.1, 0.15) is 12.4 Å². The van der Waals surface area contributed by atoms with Crippen LogP contribution in [-0.2, 0) is 14.4 Å². The highest BCUT2D eigenvalue weighted by Gasteiger charge is 2.44. The van der Waals surface area contributed by atoms with Crippen molar-refractivity contribution >= 4 is 45.4 Å². The molecule has 1 saturated heterocycles. The zero-order valence-corrected chi connectivity index (χ0v) is 13.3. The number of anilines is 1. The van der Waals surface area contributed by atoms with E-state index in [4.69, 9.17) is 0 Å². The predicted octanol–water partition coefficient (Wildman–Crippen LogP) is 1.50. The lowest BCUT2D eigenvalue weighted by atomic mass is 10.3. The number of halogens is 2. The van der Waals surface area contributed by atoms with Gasteiger partial charge >= 0.3 is 17.8 Å². The number of urea groups is 1. The molecule has 0 atom stereocenters. The molecule has 0 unspecified atom stereocenters. The third-order valence-electron chi connectivity index (χ3n) is 2.95. The Kier molecular flexibility index (Phi) is 4.89. The van der Waals surface area contributed by atoms with Crippen LogP contribution in [0.25, 0.3) is 0 Å². The fourth-order valence-corrected chi connectivity index (χ4v) is 2.24. The van der Waals surface area contributed by atoms with E-state index in [1.807, 2.05) is 0 Å². The minimum atomic E-state index is -1.11. The number of nitrogens with one attached hydrogen (secondary N) is 1. The van der Waals surface area contributed by atoms with Gasteiger partial charge in [-0.15, -0.1) is 6.58 Å². The fraction of sp³-hybridized carbons (Fsp3) is 0.143. The maximum atomic E-state index is 13.6. The van der Waals surface area contributed by atoms with Crippen molar-refractivity contribution in [2.45, 2.75) is 0 Å². The molecule has 23 heavy (non-hydrogen) atoms. The van der Waals surface area contributed by atoms with E-state index in [0.29, 0.717) is 14.3 Å². The van der Waals surface area contributed by atoms with Crippen LogP contribution in [0.2, 0.25) is 0 Å². The van der Waals surface area contributed by atoms with Gasteiger partial charge in [-0.3, -0.25) is 19.3 Å². The summed E-state index contributed by atoms with van der Waals surface area (Å²) in [6.45, 7) is 2.55. The van der Waals surface area contributed by atoms with E-state index in [0.717, 1.165) is 6.07 Å². The molecule has 2 rings (SSSR count). The quantitative estimate of drug-likeness (QED) is 0.474. The Morgan fingerprint density at radius 2 is 1.91 bits per heavy atom. The molecule has 1 aliphatic rings. The van der Waals surface area contributed by atoms with Gasteiger partial charge in [0.25, 0.3) is 0 Å². The number of rotatable bonds is 5. The van der Waals surface area contributed by atoms with Gasteiger partial charge in [0.15, 0.2) is 0 Å². The van der Waals surface area contributed by atoms with Crippen molar-refractivity contribution in [1.82, 2.24) is 9.80 Å². The molecule has 0 radical (unpaired) electrons. The monoisotopic (exact) mass is 383 g/mol. The van der Waals surface area contributed by atoms with Gasteiger partial charge in [0.2, 0.25) is 5.91 Å². The van der Waals surface area contributed by atoms with Crippen molar-refractivity contribution < 1.29 is 23.6 Å². The number of hydrogen-bond acceptors (Lipinski definition) is 4. The van der Waals surface area contributed by atoms with Gasteiger partial charge in [-0.05, 0) is 18.2 Å². The van der Waals surface area contributed by atoms with Gasteiger partial charge < -0.3 is 5.32 Å².